The average molecular weight is 308 g/mol. The van der Waals surface area contributed by atoms with Crippen LogP contribution < -0.4 is 11.1 Å². The smallest absolute Gasteiger partial charge is 0.232 e. The zero-order valence-corrected chi connectivity index (χ0v) is 12.0. The highest BCUT2D eigenvalue weighted by Crippen LogP contribution is 2.36. The molecule has 3 nitrogen and oxygen atoms in total. The van der Waals surface area contributed by atoms with Crippen molar-refractivity contribution in [2.24, 2.45) is 0 Å². The summed E-state index contributed by atoms with van der Waals surface area (Å²) in [5.41, 5.74) is 6.35. The molecule has 1 heterocycles. The molecule has 1 aliphatic rings. The third kappa shape index (κ3) is 2.51. The van der Waals surface area contributed by atoms with Crippen molar-refractivity contribution in [3.8, 4) is 0 Å². The zero-order chi connectivity index (χ0) is 15.0. The SMILES string of the molecule is Nc1ccc(F)c(F)c1NC(=O)C1CCCc2sccc21. The van der Waals surface area contributed by atoms with Crippen LogP contribution in [0.1, 0.15) is 29.2 Å². The molecule has 0 fully saturated rings. The van der Waals surface area contributed by atoms with Crippen LogP contribution in [0.2, 0.25) is 0 Å². The van der Waals surface area contributed by atoms with Crippen molar-refractivity contribution in [1.82, 2.24) is 0 Å². The van der Waals surface area contributed by atoms with Crippen LogP contribution in [0.15, 0.2) is 23.6 Å². The van der Waals surface area contributed by atoms with Crippen LogP contribution >= 0.6 is 11.3 Å². The monoisotopic (exact) mass is 308 g/mol. The lowest BCUT2D eigenvalue weighted by molar-refractivity contribution is -0.117. The van der Waals surface area contributed by atoms with Gasteiger partial charge >= 0.3 is 0 Å². The number of nitrogens with one attached hydrogen (secondary N) is 1. The molecular formula is C15H14F2N2OS. The molecule has 3 N–H and O–H groups in total. The molecule has 110 valence electrons. The molecule has 1 unspecified atom stereocenters. The average Bonchev–Trinajstić information content (AvgIpc) is 2.95. The van der Waals surface area contributed by atoms with Gasteiger partial charge in [-0.3, -0.25) is 4.79 Å². The number of amides is 1. The van der Waals surface area contributed by atoms with Crippen molar-refractivity contribution in [3.63, 3.8) is 0 Å². The Morgan fingerprint density at radius 1 is 1.33 bits per heavy atom. The molecule has 0 saturated heterocycles. The highest BCUT2D eigenvalue weighted by molar-refractivity contribution is 7.10. The number of rotatable bonds is 2. The van der Waals surface area contributed by atoms with Crippen LogP contribution in [0.25, 0.3) is 0 Å². The van der Waals surface area contributed by atoms with E-state index in [1.807, 2.05) is 11.4 Å². The van der Waals surface area contributed by atoms with Crippen molar-refractivity contribution in [1.29, 1.82) is 0 Å². The van der Waals surface area contributed by atoms with E-state index >= 15 is 0 Å². The summed E-state index contributed by atoms with van der Waals surface area (Å²) in [6.45, 7) is 0. The Bertz CT molecular complexity index is 699. The lowest BCUT2D eigenvalue weighted by Crippen LogP contribution is -2.25. The van der Waals surface area contributed by atoms with Crippen LogP contribution in [0.3, 0.4) is 0 Å². The molecule has 1 atom stereocenters. The van der Waals surface area contributed by atoms with E-state index in [-0.39, 0.29) is 23.2 Å². The minimum absolute atomic E-state index is 0.0172. The van der Waals surface area contributed by atoms with Gasteiger partial charge in [0.15, 0.2) is 11.6 Å². The number of nitrogen functional groups attached to an aromatic ring is 1. The molecule has 1 aromatic carbocycles. The van der Waals surface area contributed by atoms with Crippen molar-refractivity contribution < 1.29 is 13.6 Å². The number of anilines is 2. The lowest BCUT2D eigenvalue weighted by atomic mass is 9.87. The molecule has 0 radical (unpaired) electrons. The molecular weight excluding hydrogens is 294 g/mol. The zero-order valence-electron chi connectivity index (χ0n) is 11.2. The van der Waals surface area contributed by atoms with Gasteiger partial charge in [0.2, 0.25) is 5.91 Å². The van der Waals surface area contributed by atoms with Gasteiger partial charge in [-0.1, -0.05) is 0 Å². The van der Waals surface area contributed by atoms with Crippen LogP contribution in [0.5, 0.6) is 0 Å². The maximum absolute atomic E-state index is 13.8. The number of carbonyl (C=O) groups excluding carboxylic acids is 1. The first-order valence-electron chi connectivity index (χ1n) is 6.68. The Hall–Kier alpha value is -1.95. The van der Waals surface area contributed by atoms with E-state index < -0.39 is 11.6 Å². The third-order valence-corrected chi connectivity index (χ3v) is 4.74. The number of thiophene rings is 1. The molecule has 0 aliphatic heterocycles. The molecule has 2 aromatic rings. The molecule has 0 bridgehead atoms. The minimum Gasteiger partial charge on any atom is -0.397 e. The normalized spacial score (nSPS) is 17.3. The fourth-order valence-electron chi connectivity index (χ4n) is 2.66. The van der Waals surface area contributed by atoms with Crippen molar-refractivity contribution >= 4 is 28.6 Å². The highest BCUT2D eigenvalue weighted by Gasteiger charge is 2.28. The summed E-state index contributed by atoms with van der Waals surface area (Å²) < 4.78 is 27.0. The topological polar surface area (TPSA) is 55.1 Å². The van der Waals surface area contributed by atoms with E-state index in [0.29, 0.717) is 6.42 Å². The van der Waals surface area contributed by atoms with Gasteiger partial charge in [-0.2, -0.15) is 0 Å². The molecule has 21 heavy (non-hydrogen) atoms. The Kier molecular flexibility index (Phi) is 3.63. The van der Waals surface area contributed by atoms with Crippen LogP contribution in [0, 0.1) is 11.6 Å². The molecule has 6 heteroatoms. The second-order valence-corrected chi connectivity index (χ2v) is 6.06. The fraction of sp³-hybridized carbons (Fsp3) is 0.267. The summed E-state index contributed by atoms with van der Waals surface area (Å²) in [4.78, 5) is 13.6. The number of fused-ring (bicyclic) bond motifs is 1. The first kappa shape index (κ1) is 14.0. The summed E-state index contributed by atoms with van der Waals surface area (Å²) >= 11 is 1.62. The predicted octanol–water partition coefficient (Wildman–Crippen LogP) is 3.67. The minimum atomic E-state index is -1.12. The van der Waals surface area contributed by atoms with E-state index in [4.69, 9.17) is 5.73 Å². The quantitative estimate of drug-likeness (QED) is 0.832. The summed E-state index contributed by atoms with van der Waals surface area (Å²) in [6, 6.07) is 4.11. The third-order valence-electron chi connectivity index (χ3n) is 3.74. The summed E-state index contributed by atoms with van der Waals surface area (Å²) in [7, 11) is 0. The molecule has 1 aliphatic carbocycles. The number of halogens is 2. The van der Waals surface area contributed by atoms with Crippen LogP contribution in [0.4, 0.5) is 20.2 Å². The molecule has 3 rings (SSSR count). The Morgan fingerprint density at radius 3 is 2.95 bits per heavy atom. The number of nitrogens with two attached hydrogens (primary N) is 1. The molecule has 1 amide bonds. The Labute approximate surface area is 124 Å². The maximum atomic E-state index is 13.8. The largest absolute Gasteiger partial charge is 0.397 e. The second-order valence-electron chi connectivity index (χ2n) is 5.06. The summed E-state index contributed by atoms with van der Waals surface area (Å²) in [6.07, 6.45) is 2.58. The second kappa shape index (κ2) is 5.44. The standard InChI is InChI=1S/C15H14F2N2OS/c16-10-4-5-11(18)14(13(10)17)19-15(20)9-2-1-3-12-8(9)6-7-21-12/h4-7,9H,1-3,18H2,(H,19,20). The number of carbonyl (C=O) groups is 1. The summed E-state index contributed by atoms with van der Waals surface area (Å²) in [5, 5.41) is 4.40. The van der Waals surface area contributed by atoms with Gasteiger partial charge in [0.25, 0.3) is 0 Å². The lowest BCUT2D eigenvalue weighted by Gasteiger charge is -2.22. The Morgan fingerprint density at radius 2 is 2.14 bits per heavy atom. The number of benzene rings is 1. The van der Waals surface area contributed by atoms with E-state index in [1.54, 1.807) is 11.3 Å². The van der Waals surface area contributed by atoms with Gasteiger partial charge in [0, 0.05) is 4.88 Å². The van der Waals surface area contributed by atoms with E-state index in [9.17, 15) is 13.6 Å². The molecule has 0 saturated carbocycles. The van der Waals surface area contributed by atoms with Gasteiger partial charge in [0.1, 0.15) is 5.69 Å². The highest BCUT2D eigenvalue weighted by atomic mass is 32.1. The Balaban J connectivity index is 1.88. The van der Waals surface area contributed by atoms with E-state index in [0.717, 1.165) is 24.5 Å². The van der Waals surface area contributed by atoms with E-state index in [1.165, 1.54) is 10.9 Å². The van der Waals surface area contributed by atoms with E-state index in [2.05, 4.69) is 5.32 Å². The van der Waals surface area contributed by atoms with Crippen LogP contribution in [-0.4, -0.2) is 5.91 Å². The number of aryl methyl sites for hydroxylation is 1. The predicted molar refractivity (Wildman–Crippen MR) is 79.4 cm³/mol. The van der Waals surface area contributed by atoms with Crippen LogP contribution in [-0.2, 0) is 11.2 Å². The van der Waals surface area contributed by atoms with Gasteiger partial charge in [-0.05, 0) is 48.4 Å². The number of hydrogen-bond donors (Lipinski definition) is 2. The summed E-state index contributed by atoms with van der Waals surface area (Å²) in [5.74, 6) is -2.82. The molecule has 1 aromatic heterocycles. The first-order valence-corrected chi connectivity index (χ1v) is 7.56. The fourth-order valence-corrected chi connectivity index (χ4v) is 3.65. The molecule has 0 spiro atoms. The number of hydrogen-bond acceptors (Lipinski definition) is 3. The van der Waals surface area contributed by atoms with Gasteiger partial charge in [0.05, 0.1) is 11.6 Å². The van der Waals surface area contributed by atoms with Gasteiger partial charge < -0.3 is 11.1 Å². The van der Waals surface area contributed by atoms with Crippen molar-refractivity contribution in [3.05, 3.63) is 45.7 Å². The van der Waals surface area contributed by atoms with Crippen molar-refractivity contribution in [2.45, 2.75) is 25.2 Å². The maximum Gasteiger partial charge on any atom is 0.232 e. The van der Waals surface area contributed by atoms with Gasteiger partial charge in [-0.15, -0.1) is 11.3 Å². The first-order chi connectivity index (χ1) is 10.1. The van der Waals surface area contributed by atoms with Gasteiger partial charge in [-0.25, -0.2) is 8.78 Å². The van der Waals surface area contributed by atoms with Crippen molar-refractivity contribution in [2.75, 3.05) is 11.1 Å².